The fourth-order valence-corrected chi connectivity index (χ4v) is 1.32. The molecule has 2 N–H and O–H groups in total. The average molecular weight is 218 g/mol. The number of methoxy groups -OCH3 is 1. The van der Waals surface area contributed by atoms with Crippen molar-refractivity contribution in [1.82, 2.24) is 0 Å². The largest absolute Gasteiger partial charge is 0.492 e. The molecule has 0 amide bonds. The van der Waals surface area contributed by atoms with Crippen LogP contribution in [0.3, 0.4) is 0 Å². The number of hydrogen-bond acceptors (Lipinski definition) is 3. The summed E-state index contributed by atoms with van der Waals surface area (Å²) in [5.74, 6) is -1.11. The molecule has 0 heterocycles. The van der Waals surface area contributed by atoms with Gasteiger partial charge in [-0.1, -0.05) is 11.6 Å². The van der Waals surface area contributed by atoms with Crippen molar-refractivity contribution in [2.45, 2.75) is 0 Å². The first kappa shape index (κ1) is 10.9. The Morgan fingerprint density at radius 1 is 1.64 bits per heavy atom. The van der Waals surface area contributed by atoms with E-state index < -0.39 is 5.82 Å². The minimum absolute atomic E-state index is 0.0595. The van der Waals surface area contributed by atoms with E-state index in [0.717, 1.165) is 6.07 Å². The Morgan fingerprint density at radius 2 is 2.29 bits per heavy atom. The zero-order valence-corrected chi connectivity index (χ0v) is 8.27. The molecule has 1 rings (SSSR count). The van der Waals surface area contributed by atoms with Gasteiger partial charge < -0.3 is 10.5 Å². The van der Waals surface area contributed by atoms with Crippen molar-refractivity contribution < 1.29 is 13.9 Å². The Kier molecular flexibility index (Phi) is 3.43. The Hall–Kier alpha value is -1.13. The second kappa shape index (κ2) is 4.39. The van der Waals surface area contributed by atoms with Gasteiger partial charge in [0, 0.05) is 5.56 Å². The Morgan fingerprint density at radius 3 is 2.71 bits per heavy atom. The van der Waals surface area contributed by atoms with Crippen LogP contribution < -0.4 is 10.5 Å². The van der Waals surface area contributed by atoms with Gasteiger partial charge in [-0.15, -0.1) is 0 Å². The van der Waals surface area contributed by atoms with Crippen molar-refractivity contribution in [2.24, 2.45) is 5.73 Å². The standard InChI is InChI=1S/C9H9ClFNO2/c1-14-9-6(10)2-5(3-7(9)11)8(13)4-12/h2-3H,4,12H2,1H3. The lowest BCUT2D eigenvalue weighted by molar-refractivity contribution is 0.100. The van der Waals surface area contributed by atoms with E-state index in [1.807, 2.05) is 0 Å². The lowest BCUT2D eigenvalue weighted by atomic mass is 10.1. The highest BCUT2D eigenvalue weighted by Gasteiger charge is 2.13. The first-order valence-corrected chi connectivity index (χ1v) is 4.24. The van der Waals surface area contributed by atoms with Gasteiger partial charge in [0.2, 0.25) is 0 Å². The number of benzene rings is 1. The van der Waals surface area contributed by atoms with Gasteiger partial charge in [-0.05, 0) is 12.1 Å². The van der Waals surface area contributed by atoms with E-state index in [-0.39, 0.29) is 28.7 Å². The smallest absolute Gasteiger partial charge is 0.176 e. The van der Waals surface area contributed by atoms with E-state index in [2.05, 4.69) is 0 Å². The van der Waals surface area contributed by atoms with Crippen LogP contribution in [0.15, 0.2) is 12.1 Å². The van der Waals surface area contributed by atoms with E-state index in [0.29, 0.717) is 0 Å². The monoisotopic (exact) mass is 217 g/mol. The third-order valence-electron chi connectivity index (χ3n) is 1.71. The summed E-state index contributed by atoms with van der Waals surface area (Å²) in [4.78, 5) is 11.1. The Balaban J connectivity index is 3.20. The molecular weight excluding hydrogens is 209 g/mol. The van der Waals surface area contributed by atoms with Crippen LogP contribution in [0.5, 0.6) is 5.75 Å². The summed E-state index contributed by atoms with van der Waals surface area (Å²) >= 11 is 5.68. The van der Waals surface area contributed by atoms with Gasteiger partial charge in [-0.2, -0.15) is 0 Å². The van der Waals surface area contributed by atoms with E-state index in [1.165, 1.54) is 13.2 Å². The van der Waals surface area contributed by atoms with E-state index in [4.69, 9.17) is 22.1 Å². The molecule has 0 unspecified atom stereocenters. The molecule has 1 aromatic carbocycles. The number of hydrogen-bond donors (Lipinski definition) is 1. The first-order valence-electron chi connectivity index (χ1n) is 3.86. The zero-order valence-electron chi connectivity index (χ0n) is 7.51. The lowest BCUT2D eigenvalue weighted by Crippen LogP contribution is -2.13. The number of rotatable bonds is 3. The van der Waals surface area contributed by atoms with E-state index in [1.54, 1.807) is 0 Å². The minimum atomic E-state index is -0.670. The second-order valence-electron chi connectivity index (χ2n) is 2.60. The van der Waals surface area contributed by atoms with Crippen molar-refractivity contribution in [3.8, 4) is 5.75 Å². The van der Waals surface area contributed by atoms with Gasteiger partial charge in [0.05, 0.1) is 18.7 Å². The van der Waals surface area contributed by atoms with Crippen LogP contribution >= 0.6 is 11.6 Å². The third-order valence-corrected chi connectivity index (χ3v) is 1.99. The minimum Gasteiger partial charge on any atom is -0.492 e. The SMILES string of the molecule is COc1c(F)cc(C(=O)CN)cc1Cl. The van der Waals surface area contributed by atoms with Gasteiger partial charge in [-0.3, -0.25) is 4.79 Å². The summed E-state index contributed by atoms with van der Waals surface area (Å²) in [6, 6.07) is 2.39. The highest BCUT2D eigenvalue weighted by molar-refractivity contribution is 6.32. The number of nitrogens with two attached hydrogens (primary N) is 1. The highest BCUT2D eigenvalue weighted by atomic mass is 35.5. The van der Waals surface area contributed by atoms with Crippen LogP contribution in [0.25, 0.3) is 0 Å². The molecule has 0 aromatic heterocycles. The molecule has 0 aliphatic heterocycles. The van der Waals surface area contributed by atoms with Crippen LogP contribution in [-0.2, 0) is 0 Å². The van der Waals surface area contributed by atoms with Crippen molar-refractivity contribution in [3.05, 3.63) is 28.5 Å². The molecule has 14 heavy (non-hydrogen) atoms. The number of carbonyl (C=O) groups excluding carboxylic acids is 1. The predicted octanol–water partition coefficient (Wildman–Crippen LogP) is 1.63. The van der Waals surface area contributed by atoms with Gasteiger partial charge in [0.15, 0.2) is 17.3 Å². The van der Waals surface area contributed by atoms with Crippen molar-refractivity contribution >= 4 is 17.4 Å². The van der Waals surface area contributed by atoms with Crippen LogP contribution in [0.2, 0.25) is 5.02 Å². The fraction of sp³-hybridized carbons (Fsp3) is 0.222. The molecule has 5 heteroatoms. The normalized spacial score (nSPS) is 10.0. The molecule has 3 nitrogen and oxygen atoms in total. The molecule has 76 valence electrons. The number of ether oxygens (including phenoxy) is 1. The quantitative estimate of drug-likeness (QED) is 0.783. The van der Waals surface area contributed by atoms with Crippen LogP contribution in [0, 0.1) is 5.82 Å². The number of carbonyl (C=O) groups is 1. The summed E-state index contributed by atoms with van der Waals surface area (Å²) in [6.45, 7) is -0.178. The maximum Gasteiger partial charge on any atom is 0.176 e. The summed E-state index contributed by atoms with van der Waals surface area (Å²) in [6.07, 6.45) is 0. The molecular formula is C9H9ClFNO2. The summed E-state index contributed by atoms with van der Waals surface area (Å²) < 4.78 is 17.9. The van der Waals surface area contributed by atoms with Gasteiger partial charge in [0.25, 0.3) is 0 Å². The summed E-state index contributed by atoms with van der Waals surface area (Å²) in [5, 5.41) is 0.0595. The highest BCUT2D eigenvalue weighted by Crippen LogP contribution is 2.28. The maximum absolute atomic E-state index is 13.2. The van der Waals surface area contributed by atoms with Crippen molar-refractivity contribution in [2.75, 3.05) is 13.7 Å². The van der Waals surface area contributed by atoms with Crippen LogP contribution in [-0.4, -0.2) is 19.4 Å². The third kappa shape index (κ3) is 2.02. The van der Waals surface area contributed by atoms with E-state index >= 15 is 0 Å². The molecule has 0 fully saturated rings. The molecule has 0 spiro atoms. The molecule has 0 saturated heterocycles. The van der Waals surface area contributed by atoms with E-state index in [9.17, 15) is 9.18 Å². The zero-order chi connectivity index (χ0) is 10.7. The summed E-state index contributed by atoms with van der Waals surface area (Å²) in [5.41, 5.74) is 5.28. The average Bonchev–Trinajstić information content (AvgIpc) is 2.16. The molecule has 0 bridgehead atoms. The number of ketones is 1. The van der Waals surface area contributed by atoms with Crippen molar-refractivity contribution in [1.29, 1.82) is 0 Å². The fourth-order valence-electron chi connectivity index (χ4n) is 1.03. The number of halogens is 2. The predicted molar refractivity (Wildman–Crippen MR) is 51.3 cm³/mol. The second-order valence-corrected chi connectivity index (χ2v) is 3.01. The lowest BCUT2D eigenvalue weighted by Gasteiger charge is -2.06. The van der Waals surface area contributed by atoms with Crippen LogP contribution in [0.4, 0.5) is 4.39 Å². The van der Waals surface area contributed by atoms with Gasteiger partial charge in [-0.25, -0.2) is 4.39 Å². The number of Topliss-reactive ketones (excluding diaryl/α,β-unsaturated/α-hetero) is 1. The summed E-state index contributed by atoms with van der Waals surface area (Å²) in [7, 11) is 1.30. The molecule has 0 saturated carbocycles. The Labute approximate surface area is 85.6 Å². The topological polar surface area (TPSA) is 52.3 Å². The van der Waals surface area contributed by atoms with Gasteiger partial charge in [0.1, 0.15) is 0 Å². The van der Waals surface area contributed by atoms with Crippen LogP contribution in [0.1, 0.15) is 10.4 Å². The maximum atomic E-state index is 13.2. The molecule has 0 atom stereocenters. The Bertz CT molecular complexity index is 345. The first-order chi connectivity index (χ1) is 6.60. The molecule has 0 radical (unpaired) electrons. The van der Waals surface area contributed by atoms with Gasteiger partial charge >= 0.3 is 0 Å². The van der Waals surface area contributed by atoms with Crippen molar-refractivity contribution in [3.63, 3.8) is 0 Å². The molecule has 1 aromatic rings. The molecule has 0 aliphatic carbocycles. The molecule has 0 aliphatic rings.